The Morgan fingerprint density at radius 3 is 2.52 bits per heavy atom. The molecule has 0 unspecified atom stereocenters. The van der Waals surface area contributed by atoms with Gasteiger partial charge in [-0.25, -0.2) is 13.1 Å². The fourth-order valence-corrected chi connectivity index (χ4v) is 2.36. The van der Waals surface area contributed by atoms with Crippen molar-refractivity contribution in [2.45, 2.75) is 12.7 Å². The maximum atomic E-state index is 13.0. The van der Waals surface area contributed by atoms with E-state index in [4.69, 9.17) is 0 Å². The molecule has 0 bridgehead atoms. The average Bonchev–Trinajstić information content (AvgIpc) is 2.52. The van der Waals surface area contributed by atoms with Crippen LogP contribution < -0.4 is 10.0 Å². The van der Waals surface area contributed by atoms with Crippen LogP contribution in [-0.2, 0) is 22.7 Å². The Hall–Kier alpha value is -2.46. The highest BCUT2D eigenvalue weighted by Crippen LogP contribution is 2.34. The molecule has 0 radical (unpaired) electrons. The quantitative estimate of drug-likeness (QED) is 0.842. The Morgan fingerprint density at radius 1 is 1.20 bits per heavy atom. The van der Waals surface area contributed by atoms with Crippen molar-refractivity contribution in [2.75, 3.05) is 11.6 Å². The summed E-state index contributed by atoms with van der Waals surface area (Å²) in [5.74, 6) is -0.764. The summed E-state index contributed by atoms with van der Waals surface area (Å²) in [7, 11) is -3.44. The minimum absolute atomic E-state index is 0.0530. The average molecular weight is 373 g/mol. The Kier molecular flexibility index (Phi) is 5.43. The highest BCUT2D eigenvalue weighted by molar-refractivity contribution is 7.88. The lowest BCUT2D eigenvalue weighted by Gasteiger charge is -2.13. The molecular weight excluding hydrogens is 359 g/mol. The summed E-state index contributed by atoms with van der Waals surface area (Å²) >= 11 is 0. The lowest BCUT2D eigenvalue weighted by Crippen LogP contribution is -2.22. The second-order valence-corrected chi connectivity index (χ2v) is 6.96. The molecule has 0 aliphatic carbocycles. The number of pyridine rings is 1. The molecule has 0 atom stereocenters. The van der Waals surface area contributed by atoms with Gasteiger partial charge in [0.05, 0.1) is 29.7 Å². The first-order chi connectivity index (χ1) is 11.6. The van der Waals surface area contributed by atoms with E-state index < -0.39 is 27.7 Å². The number of halogens is 3. The monoisotopic (exact) mass is 373 g/mol. The summed E-state index contributed by atoms with van der Waals surface area (Å²) in [5, 5.41) is 2.21. The number of hydrogen-bond donors (Lipinski definition) is 2. The number of nitrogens with zero attached hydrogens (tertiary/aromatic N) is 1. The van der Waals surface area contributed by atoms with Crippen molar-refractivity contribution < 1.29 is 26.4 Å². The van der Waals surface area contributed by atoms with E-state index in [1.54, 1.807) is 0 Å². The van der Waals surface area contributed by atoms with Crippen LogP contribution in [0.2, 0.25) is 0 Å². The van der Waals surface area contributed by atoms with Gasteiger partial charge in [0.2, 0.25) is 10.0 Å². The lowest BCUT2D eigenvalue weighted by molar-refractivity contribution is -0.136. The highest BCUT2D eigenvalue weighted by Gasteiger charge is 2.33. The number of benzene rings is 1. The summed E-state index contributed by atoms with van der Waals surface area (Å²) in [6.07, 6.45) is -2.37. The molecule has 0 fully saturated rings. The number of carbonyl (C=O) groups is 1. The van der Waals surface area contributed by atoms with Crippen molar-refractivity contribution in [3.8, 4) is 0 Å². The van der Waals surface area contributed by atoms with Crippen molar-refractivity contribution in [3.05, 3.63) is 59.4 Å². The van der Waals surface area contributed by atoms with Crippen molar-refractivity contribution in [1.29, 1.82) is 0 Å². The minimum atomic E-state index is -4.60. The van der Waals surface area contributed by atoms with Gasteiger partial charge in [0.15, 0.2) is 0 Å². The van der Waals surface area contributed by atoms with Gasteiger partial charge in [0.1, 0.15) is 0 Å². The van der Waals surface area contributed by atoms with E-state index in [9.17, 15) is 26.4 Å². The van der Waals surface area contributed by atoms with Crippen molar-refractivity contribution in [2.24, 2.45) is 0 Å². The van der Waals surface area contributed by atoms with Gasteiger partial charge < -0.3 is 5.32 Å². The molecule has 1 amide bonds. The number of alkyl halides is 3. The van der Waals surface area contributed by atoms with Crippen LogP contribution in [0.15, 0.2) is 42.6 Å². The van der Waals surface area contributed by atoms with E-state index in [0.29, 0.717) is 0 Å². The van der Waals surface area contributed by atoms with E-state index in [-0.39, 0.29) is 23.5 Å². The number of aromatic nitrogens is 1. The van der Waals surface area contributed by atoms with Gasteiger partial charge in [-0.2, -0.15) is 13.2 Å². The fraction of sp³-hybridized carbons (Fsp3) is 0.200. The van der Waals surface area contributed by atoms with E-state index in [1.165, 1.54) is 30.5 Å². The van der Waals surface area contributed by atoms with E-state index in [0.717, 1.165) is 18.4 Å². The van der Waals surface area contributed by atoms with Gasteiger partial charge in [0, 0.05) is 11.8 Å². The molecule has 2 rings (SSSR count). The van der Waals surface area contributed by atoms with Crippen LogP contribution in [0.25, 0.3) is 0 Å². The molecule has 1 aromatic carbocycles. The summed E-state index contributed by atoms with van der Waals surface area (Å²) < 4.78 is 63.2. The topological polar surface area (TPSA) is 88.2 Å². The normalized spacial score (nSPS) is 12.0. The number of carbonyl (C=O) groups excluding carboxylic acids is 1. The smallest absolute Gasteiger partial charge is 0.321 e. The van der Waals surface area contributed by atoms with Crippen LogP contribution >= 0.6 is 0 Å². The van der Waals surface area contributed by atoms with Gasteiger partial charge in [-0.3, -0.25) is 9.78 Å². The van der Waals surface area contributed by atoms with Gasteiger partial charge in [0.25, 0.3) is 5.91 Å². The zero-order chi connectivity index (χ0) is 18.7. The molecule has 0 saturated heterocycles. The lowest BCUT2D eigenvalue weighted by atomic mass is 10.1. The molecule has 10 heteroatoms. The minimum Gasteiger partial charge on any atom is -0.321 e. The van der Waals surface area contributed by atoms with Gasteiger partial charge in [-0.15, -0.1) is 0 Å². The Morgan fingerprint density at radius 2 is 1.88 bits per heavy atom. The third-order valence-corrected chi connectivity index (χ3v) is 3.74. The third-order valence-electron chi connectivity index (χ3n) is 3.07. The van der Waals surface area contributed by atoms with E-state index >= 15 is 0 Å². The largest absolute Gasteiger partial charge is 0.418 e. The molecule has 134 valence electrons. The number of amides is 1. The number of sulfonamides is 1. The van der Waals surface area contributed by atoms with E-state index in [2.05, 4.69) is 15.0 Å². The molecule has 0 aliphatic rings. The summed E-state index contributed by atoms with van der Waals surface area (Å²) in [6, 6.07) is 7.22. The number of hydrogen-bond acceptors (Lipinski definition) is 4. The Balaban J connectivity index is 2.20. The van der Waals surface area contributed by atoms with Crippen LogP contribution in [-0.4, -0.2) is 25.6 Å². The maximum absolute atomic E-state index is 13.0. The summed E-state index contributed by atoms with van der Waals surface area (Å²) in [5.41, 5.74) is -1.02. The number of anilines is 1. The molecule has 2 N–H and O–H groups in total. The number of para-hydroxylation sites is 1. The van der Waals surface area contributed by atoms with Crippen LogP contribution in [0.3, 0.4) is 0 Å². The molecule has 6 nitrogen and oxygen atoms in total. The molecular formula is C15H14F3N3O3S. The van der Waals surface area contributed by atoms with Crippen molar-refractivity contribution >= 4 is 21.6 Å². The van der Waals surface area contributed by atoms with Gasteiger partial charge in [-0.1, -0.05) is 12.1 Å². The zero-order valence-corrected chi connectivity index (χ0v) is 13.8. The Labute approximate surface area is 142 Å². The SMILES string of the molecule is CS(=O)(=O)NCc1cc(C(=O)Nc2ccccc2C(F)(F)F)ccn1. The highest BCUT2D eigenvalue weighted by atomic mass is 32.2. The number of nitrogens with one attached hydrogen (secondary N) is 2. The maximum Gasteiger partial charge on any atom is 0.418 e. The van der Waals surface area contributed by atoms with Crippen LogP contribution in [0.4, 0.5) is 18.9 Å². The van der Waals surface area contributed by atoms with Crippen LogP contribution in [0.1, 0.15) is 21.6 Å². The van der Waals surface area contributed by atoms with E-state index in [1.807, 2.05) is 0 Å². The molecule has 1 aromatic heterocycles. The third kappa shape index (κ3) is 5.54. The molecule has 0 saturated carbocycles. The molecule has 0 spiro atoms. The first-order valence-corrected chi connectivity index (χ1v) is 8.82. The molecule has 2 aromatic rings. The van der Waals surface area contributed by atoms with Gasteiger partial charge in [-0.05, 0) is 24.3 Å². The molecule has 25 heavy (non-hydrogen) atoms. The predicted octanol–water partition coefficient (Wildman–Crippen LogP) is 2.40. The summed E-state index contributed by atoms with van der Waals surface area (Å²) in [6.45, 7) is -0.140. The Bertz CT molecular complexity index is 883. The van der Waals surface area contributed by atoms with Crippen molar-refractivity contribution in [3.63, 3.8) is 0 Å². The second kappa shape index (κ2) is 7.19. The van der Waals surface area contributed by atoms with Crippen LogP contribution in [0, 0.1) is 0 Å². The first kappa shape index (κ1) is 18.9. The molecule has 1 heterocycles. The molecule has 0 aliphatic heterocycles. The van der Waals surface area contributed by atoms with Gasteiger partial charge >= 0.3 is 6.18 Å². The zero-order valence-electron chi connectivity index (χ0n) is 13.0. The summed E-state index contributed by atoms with van der Waals surface area (Å²) in [4.78, 5) is 16.1. The number of rotatable bonds is 5. The fourth-order valence-electron chi connectivity index (χ4n) is 1.95. The standard InChI is InChI=1S/C15H14F3N3O3S/c1-25(23,24)20-9-11-8-10(6-7-19-11)14(22)21-13-5-3-2-4-12(13)15(16,17)18/h2-8,20H,9H2,1H3,(H,21,22). The van der Waals surface area contributed by atoms with Crippen molar-refractivity contribution in [1.82, 2.24) is 9.71 Å². The first-order valence-electron chi connectivity index (χ1n) is 6.93. The van der Waals surface area contributed by atoms with Crippen LogP contribution in [0.5, 0.6) is 0 Å². The predicted molar refractivity (Wildman–Crippen MR) is 85.3 cm³/mol. The second-order valence-electron chi connectivity index (χ2n) is 5.13.